The highest BCUT2D eigenvalue weighted by atomic mass is 16.5. The van der Waals surface area contributed by atoms with Gasteiger partial charge in [0, 0.05) is 26.6 Å². The molecule has 0 aliphatic carbocycles. The van der Waals surface area contributed by atoms with Crippen LogP contribution in [0.4, 0.5) is 0 Å². The highest BCUT2D eigenvalue weighted by Crippen LogP contribution is 2.20. The number of primary amides is 1. The number of nitrogens with two attached hydrogens (primary N) is 1. The zero-order valence-electron chi connectivity index (χ0n) is 21.4. The molecule has 4 atom stereocenters. The lowest BCUT2D eigenvalue weighted by Crippen LogP contribution is -2.55. The largest absolute Gasteiger partial charge is 0.491 e. The molecule has 2 aliphatic heterocycles. The lowest BCUT2D eigenvalue weighted by Gasteiger charge is -2.37. The topological polar surface area (TPSA) is 160 Å². The van der Waals surface area contributed by atoms with E-state index < -0.39 is 35.7 Å². The Kier molecular flexibility index (Phi) is 9.45. The molecule has 2 heterocycles. The maximum Gasteiger partial charge on any atom is 0.255 e. The number of rotatable bonds is 3. The van der Waals surface area contributed by atoms with E-state index in [-0.39, 0.29) is 56.1 Å². The van der Waals surface area contributed by atoms with Crippen molar-refractivity contribution in [2.45, 2.75) is 57.4 Å². The van der Waals surface area contributed by atoms with Crippen molar-refractivity contribution in [2.75, 3.05) is 33.3 Å². The molecule has 0 spiro atoms. The lowest BCUT2D eigenvalue weighted by atomic mass is 10.1. The van der Waals surface area contributed by atoms with Gasteiger partial charge in [0.1, 0.15) is 24.4 Å². The van der Waals surface area contributed by atoms with Gasteiger partial charge in [0.15, 0.2) is 0 Å². The molecule has 12 nitrogen and oxygen atoms in total. The number of para-hydroxylation sites is 1. The molecule has 3 rings (SSSR count). The van der Waals surface area contributed by atoms with Crippen LogP contribution < -0.4 is 21.1 Å². The van der Waals surface area contributed by atoms with Crippen LogP contribution in [0.25, 0.3) is 0 Å². The standard InChI is InChI=1S/C25H35N5O7/c1-15-13-30(14-16(2)37-15)25(35)18-8-9-22(32)27-19(12-21(26)31)24(34)29(3)10-11-36-20-7-5-4-6-17(20)23(33)28-18/h4-7,15-16,18-19H,8-14H2,1-3H3,(H2,26,31)(H,27,32)(H,28,33)/t15-,16+,18-,19-/m0/s1. The molecule has 37 heavy (non-hydrogen) atoms. The van der Waals surface area contributed by atoms with Gasteiger partial charge < -0.3 is 35.6 Å². The van der Waals surface area contributed by atoms with Gasteiger partial charge >= 0.3 is 0 Å². The molecular weight excluding hydrogens is 482 g/mol. The van der Waals surface area contributed by atoms with Crippen LogP contribution in [0.3, 0.4) is 0 Å². The number of ether oxygens (including phenoxy) is 2. The van der Waals surface area contributed by atoms with E-state index in [4.69, 9.17) is 15.2 Å². The molecule has 202 valence electrons. The zero-order chi connectivity index (χ0) is 27.1. The number of carbonyl (C=O) groups is 5. The minimum Gasteiger partial charge on any atom is -0.491 e. The Balaban J connectivity index is 1.89. The third-order valence-electron chi connectivity index (χ3n) is 6.23. The third-order valence-corrected chi connectivity index (χ3v) is 6.23. The number of likely N-dealkylation sites (N-methyl/N-ethyl adjacent to an activating group) is 1. The average molecular weight is 518 g/mol. The smallest absolute Gasteiger partial charge is 0.255 e. The number of benzene rings is 1. The van der Waals surface area contributed by atoms with Gasteiger partial charge in [0.2, 0.25) is 23.6 Å². The summed E-state index contributed by atoms with van der Waals surface area (Å²) in [5.41, 5.74) is 5.53. The second-order valence-electron chi connectivity index (χ2n) is 9.46. The monoisotopic (exact) mass is 517 g/mol. The van der Waals surface area contributed by atoms with Crippen molar-refractivity contribution in [3.05, 3.63) is 29.8 Å². The van der Waals surface area contributed by atoms with Gasteiger partial charge in [-0.25, -0.2) is 0 Å². The fourth-order valence-corrected chi connectivity index (χ4v) is 4.46. The predicted octanol–water partition coefficient (Wildman–Crippen LogP) is -0.588. The first-order chi connectivity index (χ1) is 17.5. The fourth-order valence-electron chi connectivity index (χ4n) is 4.46. The molecule has 0 aromatic heterocycles. The quantitative estimate of drug-likeness (QED) is 0.483. The van der Waals surface area contributed by atoms with Crippen molar-refractivity contribution in [3.63, 3.8) is 0 Å². The highest BCUT2D eigenvalue weighted by Gasteiger charge is 2.33. The summed E-state index contributed by atoms with van der Waals surface area (Å²) in [5.74, 6) is -2.36. The number of morpholine rings is 1. The summed E-state index contributed by atoms with van der Waals surface area (Å²) in [6.45, 7) is 4.61. The lowest BCUT2D eigenvalue weighted by molar-refractivity contribution is -0.145. The summed E-state index contributed by atoms with van der Waals surface area (Å²) in [4.78, 5) is 66.9. The number of nitrogens with zero attached hydrogens (tertiary/aromatic N) is 2. The molecule has 0 unspecified atom stereocenters. The van der Waals surface area contributed by atoms with Crippen LogP contribution in [-0.2, 0) is 23.9 Å². The summed E-state index contributed by atoms with van der Waals surface area (Å²) in [7, 11) is 1.52. The molecule has 1 aromatic carbocycles. The molecule has 2 aliphatic rings. The Hall–Kier alpha value is -3.67. The van der Waals surface area contributed by atoms with Crippen molar-refractivity contribution < 1.29 is 33.4 Å². The molecule has 1 saturated heterocycles. The van der Waals surface area contributed by atoms with Crippen LogP contribution in [0.15, 0.2) is 24.3 Å². The second-order valence-corrected chi connectivity index (χ2v) is 9.46. The number of fused-ring (bicyclic) bond motifs is 1. The van der Waals surface area contributed by atoms with E-state index in [9.17, 15) is 24.0 Å². The normalized spacial score (nSPS) is 26.1. The molecule has 5 amide bonds. The first-order valence-corrected chi connectivity index (χ1v) is 12.3. The van der Waals surface area contributed by atoms with E-state index in [2.05, 4.69) is 10.6 Å². The van der Waals surface area contributed by atoms with E-state index >= 15 is 0 Å². The zero-order valence-corrected chi connectivity index (χ0v) is 21.4. The fraction of sp³-hybridized carbons (Fsp3) is 0.560. The van der Waals surface area contributed by atoms with E-state index in [0.717, 1.165) is 0 Å². The summed E-state index contributed by atoms with van der Waals surface area (Å²) in [6, 6.07) is 4.42. The highest BCUT2D eigenvalue weighted by molar-refractivity contribution is 6.00. The van der Waals surface area contributed by atoms with Crippen LogP contribution in [0.5, 0.6) is 5.75 Å². The maximum absolute atomic E-state index is 13.5. The molecule has 1 fully saturated rings. The van der Waals surface area contributed by atoms with Crippen LogP contribution in [-0.4, -0.2) is 96.9 Å². The van der Waals surface area contributed by atoms with Gasteiger partial charge in [-0.15, -0.1) is 0 Å². The number of hydrogen-bond acceptors (Lipinski definition) is 7. The van der Waals surface area contributed by atoms with E-state index in [1.165, 1.54) is 11.9 Å². The number of hydrogen-bond donors (Lipinski definition) is 3. The Labute approximate surface area is 215 Å². The molecule has 0 radical (unpaired) electrons. The Morgan fingerprint density at radius 2 is 1.76 bits per heavy atom. The van der Waals surface area contributed by atoms with Gasteiger partial charge in [-0.2, -0.15) is 0 Å². The number of amides is 5. The Bertz CT molecular complexity index is 1020. The van der Waals surface area contributed by atoms with E-state index in [0.29, 0.717) is 18.8 Å². The van der Waals surface area contributed by atoms with Crippen molar-refractivity contribution in [1.82, 2.24) is 20.4 Å². The summed E-state index contributed by atoms with van der Waals surface area (Å²) >= 11 is 0. The minimum atomic E-state index is -1.16. The molecule has 0 saturated carbocycles. The van der Waals surface area contributed by atoms with Gasteiger partial charge in [0.05, 0.1) is 30.7 Å². The van der Waals surface area contributed by atoms with Gasteiger partial charge in [-0.3, -0.25) is 24.0 Å². The van der Waals surface area contributed by atoms with E-state index in [1.807, 2.05) is 13.8 Å². The van der Waals surface area contributed by atoms with Crippen LogP contribution in [0, 0.1) is 0 Å². The SMILES string of the molecule is C[C@@H]1CN(C(=O)[C@@H]2CCC(=O)N[C@@H](CC(N)=O)C(=O)N(C)CCOc3ccccc3C(=O)N2)C[C@H](C)O1. The third kappa shape index (κ3) is 7.66. The predicted molar refractivity (Wildman–Crippen MR) is 132 cm³/mol. The molecule has 0 bridgehead atoms. The van der Waals surface area contributed by atoms with Crippen molar-refractivity contribution in [1.29, 1.82) is 0 Å². The number of nitrogens with one attached hydrogen (secondary N) is 2. The van der Waals surface area contributed by atoms with Gasteiger partial charge in [0.25, 0.3) is 5.91 Å². The summed E-state index contributed by atoms with van der Waals surface area (Å²) < 4.78 is 11.5. The Morgan fingerprint density at radius 1 is 1.08 bits per heavy atom. The first-order valence-electron chi connectivity index (χ1n) is 12.3. The van der Waals surface area contributed by atoms with Crippen LogP contribution >= 0.6 is 0 Å². The first kappa shape index (κ1) is 27.9. The van der Waals surface area contributed by atoms with E-state index in [1.54, 1.807) is 29.2 Å². The van der Waals surface area contributed by atoms with Crippen molar-refractivity contribution in [2.24, 2.45) is 5.73 Å². The molecule has 12 heteroatoms. The Morgan fingerprint density at radius 3 is 2.43 bits per heavy atom. The number of carbonyl (C=O) groups excluding carboxylic acids is 5. The summed E-state index contributed by atoms with van der Waals surface area (Å²) in [5, 5.41) is 5.32. The molecular formula is C25H35N5O7. The van der Waals surface area contributed by atoms with Crippen LogP contribution in [0.1, 0.15) is 43.5 Å². The molecule has 1 aromatic rings. The van der Waals surface area contributed by atoms with Crippen molar-refractivity contribution >= 4 is 29.5 Å². The molecule has 4 N–H and O–H groups in total. The maximum atomic E-state index is 13.5. The van der Waals surface area contributed by atoms with Gasteiger partial charge in [-0.05, 0) is 32.4 Å². The minimum absolute atomic E-state index is 0.0210. The summed E-state index contributed by atoms with van der Waals surface area (Å²) in [6.07, 6.45) is -0.925. The average Bonchev–Trinajstić information content (AvgIpc) is 2.84. The van der Waals surface area contributed by atoms with Crippen LogP contribution in [0.2, 0.25) is 0 Å². The van der Waals surface area contributed by atoms with Crippen molar-refractivity contribution in [3.8, 4) is 5.75 Å². The second kappa shape index (κ2) is 12.5. The van der Waals surface area contributed by atoms with Gasteiger partial charge in [-0.1, -0.05) is 12.1 Å².